The van der Waals surface area contributed by atoms with Crippen molar-refractivity contribution in [1.82, 2.24) is 14.8 Å². The topological polar surface area (TPSA) is 104 Å². The summed E-state index contributed by atoms with van der Waals surface area (Å²) < 4.78 is 27.0. The first-order valence-corrected chi connectivity index (χ1v) is 11.0. The van der Waals surface area contributed by atoms with Crippen molar-refractivity contribution in [3.8, 4) is 0 Å². The molecule has 8 nitrogen and oxygen atoms in total. The van der Waals surface area contributed by atoms with Crippen LogP contribution in [0, 0.1) is 11.6 Å². The van der Waals surface area contributed by atoms with E-state index < -0.39 is 23.6 Å². The Morgan fingerprint density at radius 2 is 1.69 bits per heavy atom. The summed E-state index contributed by atoms with van der Waals surface area (Å²) in [6.45, 7) is 1.34. The number of rotatable bonds is 9. The van der Waals surface area contributed by atoms with Gasteiger partial charge in [-0.15, -0.1) is 0 Å². The number of urea groups is 1. The number of aromatic nitrogens is 1. The second kappa shape index (κ2) is 11.9. The van der Waals surface area contributed by atoms with Gasteiger partial charge in [-0.05, 0) is 63.0 Å². The van der Waals surface area contributed by atoms with Crippen LogP contribution in [0.5, 0.6) is 0 Å². The highest BCUT2D eigenvalue weighted by molar-refractivity contribution is 6.04. The highest BCUT2D eigenvalue weighted by Gasteiger charge is 2.16. The Morgan fingerprint density at radius 3 is 2.31 bits per heavy atom. The predicted octanol–water partition coefficient (Wildman–Crippen LogP) is 4.18. The SMILES string of the molecule is CN(C)CCCN(Cc1ccc(C(=O)Nc2ccccc2N)nc1)C(=O)Nc1cc(F)cc(F)c1. The average molecular weight is 483 g/mol. The summed E-state index contributed by atoms with van der Waals surface area (Å²) in [5.41, 5.74) is 7.69. The molecular weight excluding hydrogens is 454 g/mol. The molecule has 4 N–H and O–H groups in total. The molecule has 3 amide bonds. The van der Waals surface area contributed by atoms with Gasteiger partial charge in [0.2, 0.25) is 0 Å². The number of nitrogens with one attached hydrogen (secondary N) is 2. The van der Waals surface area contributed by atoms with Gasteiger partial charge in [-0.1, -0.05) is 18.2 Å². The number of hydrogen-bond donors (Lipinski definition) is 3. The van der Waals surface area contributed by atoms with Gasteiger partial charge in [-0.2, -0.15) is 0 Å². The fourth-order valence-corrected chi connectivity index (χ4v) is 3.33. The number of carbonyl (C=O) groups excluding carboxylic acids is 2. The molecule has 2 aromatic carbocycles. The molecule has 0 saturated carbocycles. The molecule has 0 atom stereocenters. The van der Waals surface area contributed by atoms with Crippen LogP contribution >= 0.6 is 0 Å². The van der Waals surface area contributed by atoms with Crippen LogP contribution in [0.25, 0.3) is 0 Å². The van der Waals surface area contributed by atoms with E-state index in [9.17, 15) is 18.4 Å². The highest BCUT2D eigenvalue weighted by Crippen LogP contribution is 2.18. The van der Waals surface area contributed by atoms with Crippen molar-refractivity contribution in [2.24, 2.45) is 0 Å². The van der Waals surface area contributed by atoms with Gasteiger partial charge in [0.25, 0.3) is 5.91 Å². The van der Waals surface area contributed by atoms with Gasteiger partial charge in [-0.3, -0.25) is 9.78 Å². The van der Waals surface area contributed by atoms with Gasteiger partial charge >= 0.3 is 6.03 Å². The number of para-hydroxylation sites is 2. The van der Waals surface area contributed by atoms with Crippen molar-refractivity contribution in [1.29, 1.82) is 0 Å². The number of pyridine rings is 1. The Kier molecular flexibility index (Phi) is 8.69. The largest absolute Gasteiger partial charge is 0.397 e. The van der Waals surface area contributed by atoms with E-state index in [0.717, 1.165) is 24.7 Å². The van der Waals surface area contributed by atoms with E-state index in [-0.39, 0.29) is 17.9 Å². The average Bonchev–Trinajstić information content (AvgIpc) is 2.79. The Morgan fingerprint density at radius 1 is 0.971 bits per heavy atom. The summed E-state index contributed by atoms with van der Waals surface area (Å²) in [5, 5.41) is 5.25. The molecule has 0 radical (unpaired) electrons. The molecule has 0 saturated heterocycles. The van der Waals surface area contributed by atoms with Crippen molar-refractivity contribution < 1.29 is 18.4 Å². The summed E-state index contributed by atoms with van der Waals surface area (Å²) in [5.74, 6) is -1.98. The predicted molar refractivity (Wildman–Crippen MR) is 132 cm³/mol. The summed E-state index contributed by atoms with van der Waals surface area (Å²) >= 11 is 0. The van der Waals surface area contributed by atoms with E-state index in [1.54, 1.807) is 36.4 Å². The molecule has 0 unspecified atom stereocenters. The van der Waals surface area contributed by atoms with E-state index in [0.29, 0.717) is 29.9 Å². The fraction of sp³-hybridized carbons (Fsp3) is 0.240. The molecule has 0 aliphatic rings. The lowest BCUT2D eigenvalue weighted by molar-refractivity contribution is 0.102. The van der Waals surface area contributed by atoms with Crippen molar-refractivity contribution in [2.75, 3.05) is 43.6 Å². The second-order valence-electron chi connectivity index (χ2n) is 8.26. The van der Waals surface area contributed by atoms with Gasteiger partial charge in [0, 0.05) is 31.0 Å². The molecule has 0 bridgehead atoms. The minimum absolute atomic E-state index is 0.0236. The van der Waals surface area contributed by atoms with Gasteiger partial charge in [-0.25, -0.2) is 13.6 Å². The first-order chi connectivity index (χ1) is 16.7. The quantitative estimate of drug-likeness (QED) is 0.397. The van der Waals surface area contributed by atoms with E-state index in [4.69, 9.17) is 5.73 Å². The van der Waals surface area contributed by atoms with Crippen molar-refractivity contribution in [2.45, 2.75) is 13.0 Å². The number of nitrogen functional groups attached to an aromatic ring is 1. The lowest BCUT2D eigenvalue weighted by Crippen LogP contribution is -2.36. The molecule has 0 aliphatic heterocycles. The first-order valence-electron chi connectivity index (χ1n) is 11.0. The Bertz CT molecular complexity index is 1150. The van der Waals surface area contributed by atoms with Crippen LogP contribution in [-0.2, 0) is 6.54 Å². The van der Waals surface area contributed by atoms with Crippen LogP contribution in [0.3, 0.4) is 0 Å². The minimum atomic E-state index is -0.783. The maximum absolute atomic E-state index is 13.5. The fourth-order valence-electron chi connectivity index (χ4n) is 3.33. The van der Waals surface area contributed by atoms with Crippen LogP contribution in [0.2, 0.25) is 0 Å². The summed E-state index contributed by atoms with van der Waals surface area (Å²) in [4.78, 5) is 33.1. The van der Waals surface area contributed by atoms with Crippen LogP contribution in [-0.4, -0.2) is 53.9 Å². The maximum Gasteiger partial charge on any atom is 0.322 e. The number of benzene rings is 2. The maximum atomic E-state index is 13.5. The third kappa shape index (κ3) is 7.75. The van der Waals surface area contributed by atoms with E-state index in [1.807, 2.05) is 19.0 Å². The zero-order chi connectivity index (χ0) is 25.4. The summed E-state index contributed by atoms with van der Waals surface area (Å²) in [6.07, 6.45) is 2.20. The van der Waals surface area contributed by atoms with Gasteiger partial charge < -0.3 is 26.2 Å². The van der Waals surface area contributed by atoms with Gasteiger partial charge in [0.05, 0.1) is 11.4 Å². The zero-order valence-corrected chi connectivity index (χ0v) is 19.6. The van der Waals surface area contributed by atoms with Gasteiger partial charge in [0.15, 0.2) is 0 Å². The van der Waals surface area contributed by atoms with Crippen LogP contribution < -0.4 is 16.4 Å². The summed E-state index contributed by atoms with van der Waals surface area (Å²) in [7, 11) is 3.85. The molecule has 0 fully saturated rings. The minimum Gasteiger partial charge on any atom is -0.397 e. The number of nitrogens with zero attached hydrogens (tertiary/aromatic N) is 3. The van der Waals surface area contributed by atoms with E-state index in [2.05, 4.69) is 15.6 Å². The number of anilines is 3. The highest BCUT2D eigenvalue weighted by atomic mass is 19.1. The van der Waals surface area contributed by atoms with Crippen LogP contribution in [0.4, 0.5) is 30.6 Å². The Labute approximate surface area is 202 Å². The number of amides is 3. The monoisotopic (exact) mass is 482 g/mol. The molecule has 3 aromatic rings. The Balaban J connectivity index is 1.69. The van der Waals surface area contributed by atoms with Crippen molar-refractivity contribution in [3.05, 3.63) is 83.7 Å². The lowest BCUT2D eigenvalue weighted by Gasteiger charge is -2.24. The lowest BCUT2D eigenvalue weighted by atomic mass is 10.2. The van der Waals surface area contributed by atoms with E-state index >= 15 is 0 Å². The number of nitrogens with two attached hydrogens (primary N) is 1. The third-order valence-electron chi connectivity index (χ3n) is 5.07. The van der Waals surface area contributed by atoms with Crippen molar-refractivity contribution >= 4 is 29.0 Å². The number of halogens is 2. The first kappa shape index (κ1) is 25.6. The molecule has 0 spiro atoms. The smallest absolute Gasteiger partial charge is 0.322 e. The standard InChI is InChI=1S/C25H28F2N6O2/c1-32(2)10-5-11-33(25(35)30-20-13-18(26)12-19(27)14-20)16-17-8-9-23(29-15-17)24(34)31-22-7-4-3-6-21(22)28/h3-4,6-9,12-15H,5,10-11,16,28H2,1-2H3,(H,30,35)(H,31,34). The molecule has 3 rings (SSSR count). The number of carbonyl (C=O) groups is 2. The number of hydrogen-bond acceptors (Lipinski definition) is 5. The third-order valence-corrected chi connectivity index (χ3v) is 5.07. The molecule has 10 heteroatoms. The molecule has 35 heavy (non-hydrogen) atoms. The summed E-state index contributed by atoms with van der Waals surface area (Å²) in [6, 6.07) is 12.5. The van der Waals surface area contributed by atoms with Gasteiger partial charge in [0.1, 0.15) is 17.3 Å². The molecule has 0 aliphatic carbocycles. The molecule has 184 valence electrons. The van der Waals surface area contributed by atoms with Crippen LogP contribution in [0.15, 0.2) is 60.8 Å². The Hall–Kier alpha value is -4.05. The molecule has 1 heterocycles. The van der Waals surface area contributed by atoms with Crippen molar-refractivity contribution in [3.63, 3.8) is 0 Å². The normalized spacial score (nSPS) is 10.8. The van der Waals surface area contributed by atoms with Crippen LogP contribution in [0.1, 0.15) is 22.5 Å². The van der Waals surface area contributed by atoms with E-state index in [1.165, 1.54) is 11.1 Å². The zero-order valence-electron chi connectivity index (χ0n) is 19.6. The molecule has 1 aromatic heterocycles. The second-order valence-corrected chi connectivity index (χ2v) is 8.26. The molecular formula is C25H28F2N6O2.